The second-order valence-corrected chi connectivity index (χ2v) is 11.5. The molecule has 4 rings (SSSR count). The first-order valence-electron chi connectivity index (χ1n) is 12.8. The molecule has 43 heavy (non-hydrogen) atoms. The number of hydrogen-bond acceptors (Lipinski definition) is 8. The summed E-state index contributed by atoms with van der Waals surface area (Å²) < 4.78 is 129. The SMILES string of the molecule is O=S(=O)(CC(F)(F)F)Nc1cc(-c2nc(OCC3CCN(CC(F)(F)F)CC3)ccc2F)cnc1OCc1ccncc1. The minimum Gasteiger partial charge on any atom is -0.477 e. The van der Waals surface area contributed by atoms with E-state index in [0.29, 0.717) is 18.4 Å². The molecule has 17 heteroatoms. The molecule has 0 aromatic carbocycles. The summed E-state index contributed by atoms with van der Waals surface area (Å²) in [6.45, 7) is -0.526. The molecule has 9 nitrogen and oxygen atoms in total. The Hall–Kier alpha value is -3.73. The van der Waals surface area contributed by atoms with Crippen molar-refractivity contribution in [2.24, 2.45) is 5.92 Å². The van der Waals surface area contributed by atoms with Crippen LogP contribution in [0, 0.1) is 11.7 Å². The fraction of sp³-hybridized carbons (Fsp3) is 0.423. The number of nitrogens with one attached hydrogen (secondary N) is 1. The van der Waals surface area contributed by atoms with E-state index < -0.39 is 46.2 Å². The van der Waals surface area contributed by atoms with Crippen molar-refractivity contribution in [3.8, 4) is 23.0 Å². The molecule has 1 aliphatic rings. The van der Waals surface area contributed by atoms with E-state index in [1.165, 1.54) is 23.4 Å². The van der Waals surface area contributed by atoms with Gasteiger partial charge in [0, 0.05) is 30.2 Å². The van der Waals surface area contributed by atoms with Crippen molar-refractivity contribution in [1.29, 1.82) is 0 Å². The standard InChI is InChI=1S/C26H26F7N5O4S/c27-20-1-2-22(41-13-18-5-9-38(10-6-18)15-25(28,29)30)36-23(20)19-11-21(37-43(39,40)16-26(31,32)33)24(35-12-19)42-14-17-3-7-34-8-4-17/h1-4,7-8,11-12,18,37H,5-6,9-10,13-16H2. The van der Waals surface area contributed by atoms with Crippen LogP contribution in [0.25, 0.3) is 11.3 Å². The van der Waals surface area contributed by atoms with Gasteiger partial charge in [-0.25, -0.2) is 22.8 Å². The van der Waals surface area contributed by atoms with Crippen LogP contribution < -0.4 is 14.2 Å². The number of nitrogens with zero attached hydrogens (tertiary/aromatic N) is 4. The lowest BCUT2D eigenvalue weighted by Gasteiger charge is -2.32. The van der Waals surface area contributed by atoms with Crippen LogP contribution in [0.15, 0.2) is 48.9 Å². The maximum absolute atomic E-state index is 14.8. The Morgan fingerprint density at radius 2 is 1.67 bits per heavy atom. The van der Waals surface area contributed by atoms with Crippen LogP contribution in [-0.4, -0.2) is 72.6 Å². The minimum absolute atomic E-state index is 0.0219. The van der Waals surface area contributed by atoms with E-state index >= 15 is 0 Å². The molecule has 0 bridgehead atoms. The largest absolute Gasteiger partial charge is 0.477 e. The number of piperidine rings is 1. The molecular formula is C26H26F7N5O4S. The van der Waals surface area contributed by atoms with Gasteiger partial charge in [0.25, 0.3) is 0 Å². The van der Waals surface area contributed by atoms with Gasteiger partial charge in [0.15, 0.2) is 5.75 Å². The predicted molar refractivity (Wildman–Crippen MR) is 140 cm³/mol. The number of rotatable bonds is 11. The topological polar surface area (TPSA) is 107 Å². The highest BCUT2D eigenvalue weighted by molar-refractivity contribution is 7.92. The summed E-state index contributed by atoms with van der Waals surface area (Å²) >= 11 is 0. The third-order valence-corrected chi connectivity index (χ3v) is 7.50. The van der Waals surface area contributed by atoms with Crippen molar-refractivity contribution >= 4 is 15.7 Å². The van der Waals surface area contributed by atoms with Gasteiger partial charge in [0.05, 0.1) is 13.2 Å². The summed E-state index contributed by atoms with van der Waals surface area (Å²) in [5, 5.41) is 0. The lowest BCUT2D eigenvalue weighted by Crippen LogP contribution is -2.41. The van der Waals surface area contributed by atoms with E-state index in [1.54, 1.807) is 16.9 Å². The molecule has 0 aliphatic carbocycles. The summed E-state index contributed by atoms with van der Waals surface area (Å²) in [5.74, 6) is -3.49. The van der Waals surface area contributed by atoms with Crippen LogP contribution in [0.3, 0.4) is 0 Å². The first-order chi connectivity index (χ1) is 20.2. The maximum atomic E-state index is 14.8. The number of hydrogen-bond donors (Lipinski definition) is 1. The molecule has 1 N–H and O–H groups in total. The first kappa shape index (κ1) is 32.2. The predicted octanol–water partition coefficient (Wildman–Crippen LogP) is 5.21. The summed E-state index contributed by atoms with van der Waals surface area (Å²) in [6, 6.07) is 6.50. The minimum atomic E-state index is -5.04. The Balaban J connectivity index is 1.51. The molecule has 234 valence electrons. The number of ether oxygens (including phenoxy) is 2. The molecule has 3 aromatic rings. The third kappa shape index (κ3) is 10.2. The third-order valence-electron chi connectivity index (χ3n) is 6.27. The molecule has 0 radical (unpaired) electrons. The van der Waals surface area contributed by atoms with Crippen LogP contribution >= 0.6 is 0 Å². The highest BCUT2D eigenvalue weighted by atomic mass is 32.2. The van der Waals surface area contributed by atoms with Crippen molar-refractivity contribution in [3.63, 3.8) is 0 Å². The van der Waals surface area contributed by atoms with E-state index in [9.17, 15) is 39.2 Å². The molecule has 0 unspecified atom stereocenters. The van der Waals surface area contributed by atoms with Gasteiger partial charge in [-0.3, -0.25) is 14.6 Å². The van der Waals surface area contributed by atoms with Gasteiger partial charge in [-0.05, 0) is 61.7 Å². The number of pyridine rings is 3. The van der Waals surface area contributed by atoms with Gasteiger partial charge in [-0.2, -0.15) is 26.3 Å². The van der Waals surface area contributed by atoms with E-state index in [0.717, 1.165) is 18.3 Å². The van der Waals surface area contributed by atoms with Crippen LogP contribution in [0.4, 0.5) is 36.4 Å². The Morgan fingerprint density at radius 3 is 2.33 bits per heavy atom. The van der Waals surface area contributed by atoms with E-state index in [1.807, 2.05) is 0 Å². The lowest BCUT2D eigenvalue weighted by molar-refractivity contribution is -0.148. The number of alkyl halides is 6. The second-order valence-electron chi connectivity index (χ2n) is 9.82. The number of likely N-dealkylation sites (tertiary alicyclic amines) is 1. The Labute approximate surface area is 242 Å². The zero-order chi connectivity index (χ0) is 31.3. The first-order valence-corrected chi connectivity index (χ1v) is 14.5. The molecular weight excluding hydrogens is 611 g/mol. The highest BCUT2D eigenvalue weighted by Crippen LogP contribution is 2.32. The van der Waals surface area contributed by atoms with E-state index in [4.69, 9.17) is 9.47 Å². The summed E-state index contributed by atoms with van der Waals surface area (Å²) in [5.41, 5.74) is -0.297. The van der Waals surface area contributed by atoms with Gasteiger partial charge in [0.2, 0.25) is 21.8 Å². The van der Waals surface area contributed by atoms with E-state index in [-0.39, 0.29) is 55.2 Å². The van der Waals surface area contributed by atoms with Crippen LogP contribution in [0.1, 0.15) is 18.4 Å². The van der Waals surface area contributed by atoms with Crippen molar-refractivity contribution in [2.45, 2.75) is 31.8 Å². The quantitative estimate of drug-likeness (QED) is 0.286. The fourth-order valence-electron chi connectivity index (χ4n) is 4.29. The Kier molecular flexibility index (Phi) is 9.94. The fourth-order valence-corrected chi connectivity index (χ4v) is 5.28. The number of anilines is 1. The van der Waals surface area contributed by atoms with Crippen LogP contribution in [0.5, 0.6) is 11.8 Å². The molecule has 1 aliphatic heterocycles. The highest BCUT2D eigenvalue weighted by Gasteiger charge is 2.36. The van der Waals surface area contributed by atoms with Crippen molar-refractivity contribution in [2.75, 3.05) is 36.7 Å². The monoisotopic (exact) mass is 637 g/mol. The molecule has 0 saturated carbocycles. The molecule has 3 aromatic heterocycles. The summed E-state index contributed by atoms with van der Waals surface area (Å²) in [6.07, 6.45) is -4.36. The normalized spacial score (nSPS) is 15.3. The maximum Gasteiger partial charge on any atom is 0.404 e. The smallest absolute Gasteiger partial charge is 0.404 e. The molecule has 0 spiro atoms. The second kappa shape index (κ2) is 13.3. The lowest BCUT2D eigenvalue weighted by atomic mass is 9.98. The van der Waals surface area contributed by atoms with Crippen LogP contribution in [-0.2, 0) is 16.6 Å². The van der Waals surface area contributed by atoms with Gasteiger partial charge in [-0.15, -0.1) is 0 Å². The van der Waals surface area contributed by atoms with Crippen molar-refractivity contribution < 1.29 is 48.6 Å². The van der Waals surface area contributed by atoms with Gasteiger partial charge >= 0.3 is 12.4 Å². The van der Waals surface area contributed by atoms with Gasteiger partial charge < -0.3 is 9.47 Å². The van der Waals surface area contributed by atoms with E-state index in [2.05, 4.69) is 15.0 Å². The zero-order valence-corrected chi connectivity index (χ0v) is 23.1. The number of sulfonamides is 1. The zero-order valence-electron chi connectivity index (χ0n) is 22.3. The average Bonchev–Trinajstić information content (AvgIpc) is 2.91. The number of halogens is 7. The summed E-state index contributed by atoms with van der Waals surface area (Å²) in [4.78, 5) is 13.3. The number of aromatic nitrogens is 3. The summed E-state index contributed by atoms with van der Waals surface area (Å²) in [7, 11) is -4.96. The van der Waals surface area contributed by atoms with Gasteiger partial charge in [0.1, 0.15) is 23.8 Å². The molecule has 0 amide bonds. The molecule has 1 saturated heterocycles. The Morgan fingerprint density at radius 1 is 0.977 bits per heavy atom. The molecule has 0 atom stereocenters. The van der Waals surface area contributed by atoms with Crippen molar-refractivity contribution in [1.82, 2.24) is 19.9 Å². The average molecular weight is 638 g/mol. The van der Waals surface area contributed by atoms with Crippen LogP contribution in [0.2, 0.25) is 0 Å². The molecule has 4 heterocycles. The molecule has 1 fully saturated rings. The van der Waals surface area contributed by atoms with Gasteiger partial charge in [-0.1, -0.05) is 0 Å². The Bertz CT molecular complexity index is 1480. The van der Waals surface area contributed by atoms with Crippen molar-refractivity contribution in [3.05, 3.63) is 60.3 Å².